The summed E-state index contributed by atoms with van der Waals surface area (Å²) in [6.45, 7) is 9.45. The summed E-state index contributed by atoms with van der Waals surface area (Å²) in [7, 11) is 1.71. The van der Waals surface area contributed by atoms with Crippen LogP contribution in [-0.4, -0.2) is 48.0 Å². The molecule has 0 aliphatic carbocycles. The van der Waals surface area contributed by atoms with Crippen LogP contribution in [0.5, 0.6) is 5.75 Å². The number of nitrogens with one attached hydrogen (secondary N) is 1. The van der Waals surface area contributed by atoms with E-state index in [9.17, 15) is 4.79 Å². The van der Waals surface area contributed by atoms with Crippen molar-refractivity contribution in [1.82, 2.24) is 15.2 Å². The van der Waals surface area contributed by atoms with Gasteiger partial charge in [0.2, 0.25) is 0 Å². The van der Waals surface area contributed by atoms with Crippen LogP contribution < -0.4 is 10.1 Å². The largest absolute Gasteiger partial charge is 0.496 e. The molecule has 2 rings (SSSR count). The molecule has 152 valence electrons. The van der Waals surface area contributed by atoms with Gasteiger partial charge in [0.05, 0.1) is 12.6 Å². The number of ether oxygens (including phenoxy) is 1. The van der Waals surface area contributed by atoms with Gasteiger partial charge in [-0.15, -0.1) is 0 Å². The maximum atomic E-state index is 12.0. The molecule has 0 amide bonds. The first-order chi connectivity index (χ1) is 13.0. The highest BCUT2D eigenvalue weighted by molar-refractivity contribution is 5.64. The fourth-order valence-electron chi connectivity index (χ4n) is 4.01. The van der Waals surface area contributed by atoms with Crippen LogP contribution >= 0.6 is 0 Å². The summed E-state index contributed by atoms with van der Waals surface area (Å²) in [6.07, 6.45) is 11.4. The molecule has 2 heterocycles. The zero-order valence-electron chi connectivity index (χ0n) is 17.5. The molecule has 1 fully saturated rings. The maximum absolute atomic E-state index is 12.0. The molecule has 1 aliphatic rings. The lowest BCUT2D eigenvalue weighted by Crippen LogP contribution is -2.57. The Hall–Kier alpha value is -1.46. The molecule has 1 atom stereocenters. The van der Waals surface area contributed by atoms with Gasteiger partial charge in [0, 0.05) is 30.5 Å². The lowest BCUT2D eigenvalue weighted by molar-refractivity contribution is -0.116. The molecule has 0 saturated carbocycles. The molecule has 27 heavy (non-hydrogen) atoms. The van der Waals surface area contributed by atoms with E-state index in [1.807, 2.05) is 12.3 Å². The summed E-state index contributed by atoms with van der Waals surface area (Å²) in [5, 5.41) is 3.75. The molecule has 0 bridgehead atoms. The number of unbranched alkanes of at least 4 members (excludes halogenated alkanes) is 2. The maximum Gasteiger partial charge on any atom is 0.140 e. The van der Waals surface area contributed by atoms with Crippen LogP contribution in [0.2, 0.25) is 0 Å². The monoisotopic (exact) mass is 375 g/mol. The van der Waals surface area contributed by atoms with Gasteiger partial charge in [-0.1, -0.05) is 40.0 Å². The Kier molecular flexibility index (Phi) is 8.71. The van der Waals surface area contributed by atoms with Crippen LogP contribution in [-0.2, 0) is 11.3 Å². The zero-order valence-corrected chi connectivity index (χ0v) is 17.5. The van der Waals surface area contributed by atoms with Crippen LogP contribution in [0.15, 0.2) is 18.5 Å². The van der Waals surface area contributed by atoms with E-state index in [2.05, 4.69) is 36.0 Å². The van der Waals surface area contributed by atoms with Gasteiger partial charge in [-0.25, -0.2) is 0 Å². The fraction of sp³-hybridized carbons (Fsp3) is 0.727. The molecule has 5 heteroatoms. The first-order valence-electron chi connectivity index (χ1n) is 10.5. The highest BCUT2D eigenvalue weighted by Gasteiger charge is 2.35. The molecule has 1 aromatic rings. The van der Waals surface area contributed by atoms with E-state index >= 15 is 0 Å². The average Bonchev–Trinajstić information content (AvgIpc) is 2.69. The number of aldehydes is 1. The van der Waals surface area contributed by atoms with Crippen molar-refractivity contribution < 1.29 is 9.53 Å². The average molecular weight is 376 g/mol. The lowest BCUT2D eigenvalue weighted by Gasteiger charge is -2.41. The minimum atomic E-state index is -0.380. The van der Waals surface area contributed by atoms with E-state index in [0.717, 1.165) is 56.6 Å². The number of hydrogen-bond donors (Lipinski definition) is 1. The number of methoxy groups -OCH3 is 1. The second-order valence-electron chi connectivity index (χ2n) is 8.15. The van der Waals surface area contributed by atoms with Gasteiger partial charge in [-0.3, -0.25) is 9.88 Å². The predicted octanol–water partition coefficient (Wildman–Crippen LogP) is 3.82. The van der Waals surface area contributed by atoms with Gasteiger partial charge < -0.3 is 14.8 Å². The number of rotatable bonds is 11. The Morgan fingerprint density at radius 1 is 1.37 bits per heavy atom. The Labute approximate surface area is 164 Å². The Bertz CT molecular complexity index is 570. The van der Waals surface area contributed by atoms with Gasteiger partial charge in [0.15, 0.2) is 0 Å². The Morgan fingerprint density at radius 2 is 2.11 bits per heavy atom. The molecule has 1 saturated heterocycles. The van der Waals surface area contributed by atoms with Gasteiger partial charge in [0.25, 0.3) is 0 Å². The van der Waals surface area contributed by atoms with E-state index in [1.165, 1.54) is 19.1 Å². The number of likely N-dealkylation sites (tertiary alicyclic amines) is 1. The first kappa shape index (κ1) is 21.8. The number of piperidine rings is 1. The van der Waals surface area contributed by atoms with Gasteiger partial charge in [-0.05, 0) is 44.3 Å². The topological polar surface area (TPSA) is 54.5 Å². The smallest absolute Gasteiger partial charge is 0.140 e. The molecule has 0 aromatic carbocycles. The molecule has 5 nitrogen and oxygen atoms in total. The molecular formula is C22H37N3O2. The normalized spacial score (nSPS) is 18.4. The second-order valence-corrected chi connectivity index (χ2v) is 8.15. The summed E-state index contributed by atoms with van der Waals surface area (Å²) >= 11 is 0. The van der Waals surface area contributed by atoms with Crippen molar-refractivity contribution in [3.8, 4) is 5.75 Å². The number of pyridine rings is 1. The van der Waals surface area contributed by atoms with Gasteiger partial charge in [-0.2, -0.15) is 0 Å². The van der Waals surface area contributed by atoms with Crippen molar-refractivity contribution in [2.75, 3.05) is 20.2 Å². The van der Waals surface area contributed by atoms with E-state index in [1.54, 1.807) is 13.3 Å². The van der Waals surface area contributed by atoms with Crippen LogP contribution in [0.4, 0.5) is 0 Å². The second kappa shape index (κ2) is 10.8. The van der Waals surface area contributed by atoms with Crippen molar-refractivity contribution in [3.05, 3.63) is 24.0 Å². The summed E-state index contributed by atoms with van der Waals surface area (Å²) in [4.78, 5) is 18.7. The Balaban J connectivity index is 1.90. The minimum Gasteiger partial charge on any atom is -0.496 e. The van der Waals surface area contributed by atoms with E-state index in [4.69, 9.17) is 4.74 Å². The van der Waals surface area contributed by atoms with E-state index in [-0.39, 0.29) is 5.54 Å². The van der Waals surface area contributed by atoms with Crippen LogP contribution in [0.3, 0.4) is 0 Å². The van der Waals surface area contributed by atoms with Crippen LogP contribution in [0, 0.1) is 5.92 Å². The summed E-state index contributed by atoms with van der Waals surface area (Å²) in [6, 6.07) is 2.33. The SMILES string of the molecule is CCCCCC(C=O)(NC1CCN(Cc2cnccc2OC)CC1)C(C)C. The minimum absolute atomic E-state index is 0.310. The van der Waals surface area contributed by atoms with Crippen LogP contribution in [0.1, 0.15) is 64.9 Å². The summed E-state index contributed by atoms with van der Waals surface area (Å²) < 4.78 is 5.44. The summed E-state index contributed by atoms with van der Waals surface area (Å²) in [5.74, 6) is 1.21. The quantitative estimate of drug-likeness (QED) is 0.471. The van der Waals surface area contributed by atoms with Crippen molar-refractivity contribution >= 4 is 6.29 Å². The van der Waals surface area contributed by atoms with Crippen molar-refractivity contribution in [3.63, 3.8) is 0 Å². The molecular weight excluding hydrogens is 338 g/mol. The Morgan fingerprint density at radius 3 is 2.70 bits per heavy atom. The van der Waals surface area contributed by atoms with Gasteiger partial charge in [0.1, 0.15) is 12.0 Å². The molecule has 1 aromatic heterocycles. The predicted molar refractivity (Wildman–Crippen MR) is 110 cm³/mol. The molecule has 1 N–H and O–H groups in total. The third kappa shape index (κ3) is 6.01. The highest BCUT2D eigenvalue weighted by atomic mass is 16.5. The van der Waals surface area contributed by atoms with Gasteiger partial charge >= 0.3 is 0 Å². The molecule has 0 spiro atoms. The molecule has 0 radical (unpaired) electrons. The fourth-order valence-corrected chi connectivity index (χ4v) is 4.01. The van der Waals surface area contributed by atoms with E-state index < -0.39 is 0 Å². The number of aromatic nitrogens is 1. The number of nitrogens with zero attached hydrogens (tertiary/aromatic N) is 2. The number of hydrogen-bond acceptors (Lipinski definition) is 5. The van der Waals surface area contributed by atoms with Crippen molar-refractivity contribution in [1.29, 1.82) is 0 Å². The molecule has 1 aliphatic heterocycles. The highest BCUT2D eigenvalue weighted by Crippen LogP contribution is 2.26. The van der Waals surface area contributed by atoms with Crippen LogP contribution in [0.25, 0.3) is 0 Å². The van der Waals surface area contributed by atoms with Crippen molar-refractivity contribution in [2.45, 2.75) is 77.4 Å². The third-order valence-corrected chi connectivity index (χ3v) is 5.97. The lowest BCUT2D eigenvalue weighted by atomic mass is 9.81. The zero-order chi connectivity index (χ0) is 19.7. The van der Waals surface area contributed by atoms with Crippen molar-refractivity contribution in [2.24, 2.45) is 5.92 Å². The summed E-state index contributed by atoms with van der Waals surface area (Å²) in [5.41, 5.74) is 0.754. The van der Waals surface area contributed by atoms with E-state index in [0.29, 0.717) is 12.0 Å². The number of carbonyl (C=O) groups is 1. The number of carbonyl (C=O) groups excluding carboxylic acids is 1. The standard InChI is InChI=1S/C22H37N3O2/c1-5-6-7-11-22(17-26,18(2)3)24-20-9-13-25(14-10-20)16-19-15-23-12-8-21(19)27-4/h8,12,15,17-18,20,24H,5-7,9-11,13-14,16H2,1-4H3. The third-order valence-electron chi connectivity index (χ3n) is 5.97. The first-order valence-corrected chi connectivity index (χ1v) is 10.5. The molecule has 1 unspecified atom stereocenters.